The van der Waals surface area contributed by atoms with Gasteiger partial charge in [0.05, 0.1) is 0 Å². The molecule has 0 aliphatic rings. The number of Topliss-reactive ketones (excluding diaryl/α,β-unsaturated/α-hetero) is 1. The molecule has 0 bridgehead atoms. The maximum absolute atomic E-state index is 12.5. The van der Waals surface area contributed by atoms with Gasteiger partial charge in [0.2, 0.25) is 0 Å². The average Bonchev–Trinajstić information content (AvgIpc) is 2.55. The third-order valence-corrected chi connectivity index (χ3v) is 3.67. The summed E-state index contributed by atoms with van der Waals surface area (Å²) < 4.78 is 0. The van der Waals surface area contributed by atoms with Crippen LogP contribution in [0.25, 0.3) is 0 Å². The summed E-state index contributed by atoms with van der Waals surface area (Å²) in [5.74, 6) is 0.902. The number of carbonyl (C=O) groups excluding carboxylic acids is 2. The van der Waals surface area contributed by atoms with E-state index in [9.17, 15) is 9.59 Å². The highest BCUT2D eigenvalue weighted by atomic mass is 16.2. The number of hydrogen-bond donors (Lipinski definition) is 1. The maximum Gasteiger partial charge on any atom is 0.274 e. The zero-order valence-corrected chi connectivity index (χ0v) is 14.5. The molecule has 0 saturated carbocycles. The van der Waals surface area contributed by atoms with Crippen molar-refractivity contribution in [2.75, 3.05) is 23.3 Å². The average molecular weight is 326 g/mol. The van der Waals surface area contributed by atoms with E-state index in [-0.39, 0.29) is 11.7 Å². The smallest absolute Gasteiger partial charge is 0.274 e. The van der Waals surface area contributed by atoms with Gasteiger partial charge in [-0.1, -0.05) is 12.1 Å². The number of benzene rings is 1. The molecule has 2 rings (SSSR count). The van der Waals surface area contributed by atoms with E-state index in [1.54, 1.807) is 37.3 Å². The van der Waals surface area contributed by atoms with Crippen molar-refractivity contribution in [1.82, 2.24) is 9.97 Å². The lowest BCUT2D eigenvalue weighted by Crippen LogP contribution is -2.24. The molecule has 0 fully saturated rings. The van der Waals surface area contributed by atoms with Crippen LogP contribution in [-0.2, 0) is 0 Å². The van der Waals surface area contributed by atoms with Gasteiger partial charge in [-0.25, -0.2) is 9.97 Å². The fraction of sp³-hybridized carbons (Fsp3) is 0.333. The fourth-order valence-corrected chi connectivity index (χ4v) is 2.39. The summed E-state index contributed by atoms with van der Waals surface area (Å²) in [6.45, 7) is 8.93. The molecule has 1 N–H and O–H groups in total. The van der Waals surface area contributed by atoms with E-state index in [0.717, 1.165) is 18.9 Å². The molecule has 1 amide bonds. The molecule has 0 radical (unpaired) electrons. The van der Waals surface area contributed by atoms with Crippen LogP contribution in [-0.4, -0.2) is 34.7 Å². The number of aryl methyl sites for hydroxylation is 1. The first-order valence-electron chi connectivity index (χ1n) is 7.97. The van der Waals surface area contributed by atoms with E-state index in [4.69, 9.17) is 0 Å². The molecule has 0 aliphatic carbocycles. The molecule has 24 heavy (non-hydrogen) atoms. The number of nitrogens with one attached hydrogen (secondary N) is 1. The highest BCUT2D eigenvalue weighted by Gasteiger charge is 2.14. The molecule has 1 heterocycles. The second-order valence-corrected chi connectivity index (χ2v) is 5.42. The van der Waals surface area contributed by atoms with Gasteiger partial charge in [-0.05, 0) is 39.8 Å². The van der Waals surface area contributed by atoms with Crippen LogP contribution in [0.1, 0.15) is 47.4 Å². The first-order chi connectivity index (χ1) is 11.4. The van der Waals surface area contributed by atoms with Gasteiger partial charge in [-0.3, -0.25) is 9.59 Å². The molecule has 2 aromatic rings. The number of amides is 1. The molecule has 0 spiro atoms. The lowest BCUT2D eigenvalue weighted by molar-refractivity contribution is 0.100. The van der Waals surface area contributed by atoms with Crippen molar-refractivity contribution < 1.29 is 9.59 Å². The summed E-state index contributed by atoms with van der Waals surface area (Å²) in [4.78, 5) is 34.6. The minimum absolute atomic E-state index is 0.0483. The first kappa shape index (κ1) is 17.6. The standard InChI is InChI=1S/C18H22N4O2/c1-5-22(6-2)17-11-16(19-13(4)20-17)18(24)21-15-9-7-8-14(10-15)12(3)23/h7-11H,5-6H2,1-4H3,(H,21,24). The van der Waals surface area contributed by atoms with Crippen LogP contribution in [0.4, 0.5) is 11.5 Å². The highest BCUT2D eigenvalue weighted by Crippen LogP contribution is 2.15. The van der Waals surface area contributed by atoms with Gasteiger partial charge in [0.25, 0.3) is 5.91 Å². The zero-order chi connectivity index (χ0) is 17.7. The Balaban J connectivity index is 2.26. The van der Waals surface area contributed by atoms with Crippen LogP contribution < -0.4 is 10.2 Å². The van der Waals surface area contributed by atoms with Crippen LogP contribution in [0.3, 0.4) is 0 Å². The Bertz CT molecular complexity index is 754. The van der Waals surface area contributed by atoms with Crippen molar-refractivity contribution in [3.05, 3.63) is 47.4 Å². The molecule has 0 atom stereocenters. The third kappa shape index (κ3) is 4.16. The normalized spacial score (nSPS) is 10.3. The summed E-state index contributed by atoms with van der Waals surface area (Å²) in [5.41, 5.74) is 1.42. The van der Waals surface area contributed by atoms with E-state index >= 15 is 0 Å². The van der Waals surface area contributed by atoms with Crippen LogP contribution in [0.2, 0.25) is 0 Å². The summed E-state index contributed by atoms with van der Waals surface area (Å²) in [6, 6.07) is 8.53. The van der Waals surface area contributed by atoms with E-state index < -0.39 is 0 Å². The Morgan fingerprint density at radius 3 is 2.46 bits per heavy atom. The summed E-state index contributed by atoms with van der Waals surface area (Å²) in [6.07, 6.45) is 0. The summed E-state index contributed by atoms with van der Waals surface area (Å²) in [7, 11) is 0. The minimum atomic E-state index is -0.324. The number of anilines is 2. The van der Waals surface area contributed by atoms with E-state index in [2.05, 4.69) is 20.2 Å². The monoisotopic (exact) mass is 326 g/mol. The second kappa shape index (κ2) is 7.68. The van der Waals surface area contributed by atoms with E-state index in [1.165, 1.54) is 6.92 Å². The fourth-order valence-electron chi connectivity index (χ4n) is 2.39. The van der Waals surface area contributed by atoms with Gasteiger partial charge in [0, 0.05) is 30.4 Å². The number of aromatic nitrogens is 2. The number of ketones is 1. The molecular weight excluding hydrogens is 304 g/mol. The summed E-state index contributed by atoms with van der Waals surface area (Å²) in [5, 5.41) is 2.78. The SMILES string of the molecule is CCN(CC)c1cc(C(=O)Nc2cccc(C(C)=O)c2)nc(C)n1. The van der Waals surface area contributed by atoms with Crippen LogP contribution in [0.5, 0.6) is 0 Å². The molecule has 126 valence electrons. The van der Waals surface area contributed by atoms with Crippen LogP contribution in [0.15, 0.2) is 30.3 Å². The summed E-state index contributed by atoms with van der Waals surface area (Å²) >= 11 is 0. The minimum Gasteiger partial charge on any atom is -0.357 e. The molecule has 0 aliphatic heterocycles. The van der Waals surface area contributed by atoms with Gasteiger partial charge in [0.15, 0.2) is 5.78 Å². The van der Waals surface area contributed by atoms with Gasteiger partial charge in [-0.15, -0.1) is 0 Å². The molecule has 0 unspecified atom stereocenters. The van der Waals surface area contributed by atoms with Crippen LogP contribution >= 0.6 is 0 Å². The van der Waals surface area contributed by atoms with Gasteiger partial charge >= 0.3 is 0 Å². The molecule has 6 heteroatoms. The van der Waals surface area contributed by atoms with Crippen LogP contribution in [0, 0.1) is 6.92 Å². The Labute approximate surface area is 141 Å². The van der Waals surface area contributed by atoms with Crippen molar-refractivity contribution in [1.29, 1.82) is 0 Å². The Morgan fingerprint density at radius 2 is 1.83 bits per heavy atom. The van der Waals surface area contributed by atoms with Crippen molar-refractivity contribution in [3.63, 3.8) is 0 Å². The van der Waals surface area contributed by atoms with Gasteiger partial charge in [0.1, 0.15) is 17.3 Å². The second-order valence-electron chi connectivity index (χ2n) is 5.42. The molecule has 1 aromatic carbocycles. The molecule has 0 saturated heterocycles. The number of carbonyl (C=O) groups is 2. The topological polar surface area (TPSA) is 75.2 Å². The van der Waals surface area contributed by atoms with Gasteiger partial charge in [-0.2, -0.15) is 0 Å². The Morgan fingerprint density at radius 1 is 1.12 bits per heavy atom. The third-order valence-electron chi connectivity index (χ3n) is 3.67. The predicted molar refractivity (Wildman–Crippen MR) is 94.7 cm³/mol. The lowest BCUT2D eigenvalue weighted by Gasteiger charge is -2.20. The number of hydrogen-bond acceptors (Lipinski definition) is 5. The van der Waals surface area contributed by atoms with Gasteiger partial charge < -0.3 is 10.2 Å². The molecule has 1 aromatic heterocycles. The Kier molecular flexibility index (Phi) is 5.63. The first-order valence-corrected chi connectivity index (χ1v) is 7.97. The quantitative estimate of drug-likeness (QED) is 0.826. The van der Waals surface area contributed by atoms with E-state index in [0.29, 0.717) is 22.8 Å². The van der Waals surface area contributed by atoms with Crippen molar-refractivity contribution in [2.24, 2.45) is 0 Å². The largest absolute Gasteiger partial charge is 0.357 e. The highest BCUT2D eigenvalue weighted by molar-refractivity contribution is 6.04. The predicted octanol–water partition coefficient (Wildman–Crippen LogP) is 3.09. The molecular formula is C18H22N4O2. The zero-order valence-electron chi connectivity index (χ0n) is 14.5. The lowest BCUT2D eigenvalue weighted by atomic mass is 10.1. The number of nitrogens with zero attached hydrogens (tertiary/aromatic N) is 3. The maximum atomic E-state index is 12.5. The molecule has 6 nitrogen and oxygen atoms in total. The van der Waals surface area contributed by atoms with Crippen molar-refractivity contribution in [3.8, 4) is 0 Å². The van der Waals surface area contributed by atoms with Crippen molar-refractivity contribution in [2.45, 2.75) is 27.7 Å². The Hall–Kier alpha value is -2.76. The number of rotatable bonds is 6. The van der Waals surface area contributed by atoms with E-state index in [1.807, 2.05) is 13.8 Å². The van der Waals surface area contributed by atoms with Crippen molar-refractivity contribution >= 4 is 23.2 Å².